The summed E-state index contributed by atoms with van der Waals surface area (Å²) in [5, 5.41) is 7.64. The van der Waals surface area contributed by atoms with Gasteiger partial charge in [-0.1, -0.05) is 23.2 Å². The van der Waals surface area contributed by atoms with Crippen molar-refractivity contribution in [2.45, 2.75) is 6.54 Å². The summed E-state index contributed by atoms with van der Waals surface area (Å²) in [6.07, 6.45) is 0. The molecule has 0 spiro atoms. The Balaban J connectivity index is 2.07. The Kier molecular flexibility index (Phi) is 4.05. The van der Waals surface area contributed by atoms with Gasteiger partial charge in [0.05, 0.1) is 10.6 Å². The van der Waals surface area contributed by atoms with E-state index in [0.717, 1.165) is 5.56 Å². The molecule has 0 aliphatic carbocycles. The van der Waals surface area contributed by atoms with E-state index in [0.29, 0.717) is 22.2 Å². The summed E-state index contributed by atoms with van der Waals surface area (Å²) in [4.78, 5) is 11.9. The summed E-state index contributed by atoms with van der Waals surface area (Å²) in [6, 6.07) is 6.79. The van der Waals surface area contributed by atoms with Crippen molar-refractivity contribution in [2.75, 3.05) is 0 Å². The van der Waals surface area contributed by atoms with Crippen LogP contribution < -0.4 is 5.32 Å². The molecule has 2 nitrogen and oxygen atoms in total. The predicted octanol–water partition coefficient (Wildman–Crippen LogP) is 3.98. The lowest BCUT2D eigenvalue weighted by Gasteiger charge is -2.06. The van der Waals surface area contributed by atoms with Gasteiger partial charge in [0.15, 0.2) is 0 Å². The highest BCUT2D eigenvalue weighted by molar-refractivity contribution is 7.07. The van der Waals surface area contributed by atoms with E-state index < -0.39 is 0 Å². The van der Waals surface area contributed by atoms with E-state index in [1.54, 1.807) is 29.5 Å². The van der Waals surface area contributed by atoms with Gasteiger partial charge in [0.25, 0.3) is 5.91 Å². The van der Waals surface area contributed by atoms with E-state index in [1.165, 1.54) is 0 Å². The number of hydrogen-bond acceptors (Lipinski definition) is 2. The van der Waals surface area contributed by atoms with Crippen molar-refractivity contribution >= 4 is 40.4 Å². The Morgan fingerprint density at radius 3 is 2.82 bits per heavy atom. The molecular weight excluding hydrogens is 277 g/mol. The van der Waals surface area contributed by atoms with Gasteiger partial charge in [0.1, 0.15) is 0 Å². The minimum absolute atomic E-state index is 0.219. The molecule has 1 aromatic heterocycles. The Labute approximate surface area is 113 Å². The van der Waals surface area contributed by atoms with Gasteiger partial charge in [-0.05, 0) is 40.6 Å². The zero-order valence-electron chi connectivity index (χ0n) is 8.74. The van der Waals surface area contributed by atoms with Gasteiger partial charge >= 0.3 is 0 Å². The third kappa shape index (κ3) is 3.22. The van der Waals surface area contributed by atoms with Crippen LogP contribution in [0.4, 0.5) is 0 Å². The number of carbonyl (C=O) groups is 1. The van der Waals surface area contributed by atoms with Crippen LogP contribution in [0.1, 0.15) is 15.9 Å². The third-order valence-electron chi connectivity index (χ3n) is 2.21. The van der Waals surface area contributed by atoms with E-state index in [-0.39, 0.29) is 5.91 Å². The largest absolute Gasteiger partial charge is 0.348 e. The van der Waals surface area contributed by atoms with Gasteiger partial charge in [-0.15, -0.1) is 0 Å². The van der Waals surface area contributed by atoms with Crippen molar-refractivity contribution in [1.82, 2.24) is 5.32 Å². The molecule has 5 heteroatoms. The van der Waals surface area contributed by atoms with E-state index in [9.17, 15) is 4.79 Å². The lowest BCUT2D eigenvalue weighted by Crippen LogP contribution is -2.22. The molecule has 0 radical (unpaired) electrons. The molecule has 1 heterocycles. The van der Waals surface area contributed by atoms with Crippen LogP contribution in [0.3, 0.4) is 0 Å². The summed E-state index contributed by atoms with van der Waals surface area (Å²) in [5.74, 6) is -0.219. The van der Waals surface area contributed by atoms with Gasteiger partial charge in [-0.2, -0.15) is 11.3 Å². The summed E-state index contributed by atoms with van der Waals surface area (Å²) in [6.45, 7) is 0.491. The summed E-state index contributed by atoms with van der Waals surface area (Å²) in [7, 11) is 0. The fourth-order valence-electron chi connectivity index (χ4n) is 1.34. The number of rotatable bonds is 3. The molecule has 1 aromatic carbocycles. The highest BCUT2D eigenvalue weighted by Crippen LogP contribution is 2.20. The van der Waals surface area contributed by atoms with E-state index in [2.05, 4.69) is 5.32 Å². The quantitative estimate of drug-likeness (QED) is 0.908. The molecule has 0 aliphatic rings. The van der Waals surface area contributed by atoms with Crippen LogP contribution in [0.25, 0.3) is 0 Å². The topological polar surface area (TPSA) is 29.1 Å². The highest BCUT2D eigenvalue weighted by Gasteiger charge is 2.10. The molecule has 2 aromatic rings. The third-order valence-corrected chi connectivity index (χ3v) is 3.50. The minimum atomic E-state index is -0.219. The predicted molar refractivity (Wildman–Crippen MR) is 72.0 cm³/mol. The second kappa shape index (κ2) is 5.54. The molecule has 0 atom stereocenters. The van der Waals surface area contributed by atoms with E-state index in [1.807, 2.05) is 16.8 Å². The number of thiophene rings is 1. The lowest BCUT2D eigenvalue weighted by atomic mass is 10.2. The average molecular weight is 286 g/mol. The van der Waals surface area contributed by atoms with Gasteiger partial charge < -0.3 is 5.32 Å². The van der Waals surface area contributed by atoms with Crippen LogP contribution in [0, 0.1) is 0 Å². The number of hydrogen-bond donors (Lipinski definition) is 1. The SMILES string of the molecule is O=C(NCc1ccsc1)c1cc(Cl)ccc1Cl. The molecule has 2 rings (SSSR count). The first-order valence-corrected chi connectivity index (χ1v) is 6.61. The second-order valence-electron chi connectivity index (χ2n) is 3.44. The fraction of sp³-hybridized carbons (Fsp3) is 0.0833. The first-order valence-electron chi connectivity index (χ1n) is 4.91. The molecule has 0 aliphatic heterocycles. The lowest BCUT2D eigenvalue weighted by molar-refractivity contribution is 0.0951. The van der Waals surface area contributed by atoms with Crippen LogP contribution in [0.15, 0.2) is 35.0 Å². The van der Waals surface area contributed by atoms with Crippen molar-refractivity contribution in [3.05, 3.63) is 56.2 Å². The average Bonchev–Trinajstić information content (AvgIpc) is 2.82. The maximum Gasteiger partial charge on any atom is 0.253 e. The molecule has 0 saturated carbocycles. The van der Waals surface area contributed by atoms with Crippen LogP contribution in [0.5, 0.6) is 0 Å². The monoisotopic (exact) mass is 285 g/mol. The molecule has 0 saturated heterocycles. The van der Waals surface area contributed by atoms with E-state index >= 15 is 0 Å². The summed E-state index contributed by atoms with van der Waals surface area (Å²) in [5.41, 5.74) is 1.47. The fourth-order valence-corrected chi connectivity index (χ4v) is 2.39. The van der Waals surface area contributed by atoms with Crippen LogP contribution in [0.2, 0.25) is 10.0 Å². The van der Waals surface area contributed by atoms with Crippen molar-refractivity contribution < 1.29 is 4.79 Å². The van der Waals surface area contributed by atoms with Gasteiger partial charge in [-0.3, -0.25) is 4.79 Å². The van der Waals surface area contributed by atoms with Crippen LogP contribution >= 0.6 is 34.5 Å². The Morgan fingerprint density at radius 1 is 1.29 bits per heavy atom. The maximum atomic E-state index is 11.9. The Hall–Kier alpha value is -1.03. The number of carbonyl (C=O) groups excluding carboxylic acids is 1. The van der Waals surface area contributed by atoms with Gasteiger partial charge in [0.2, 0.25) is 0 Å². The smallest absolute Gasteiger partial charge is 0.253 e. The first kappa shape index (κ1) is 12.4. The van der Waals surface area contributed by atoms with Crippen molar-refractivity contribution in [1.29, 1.82) is 0 Å². The highest BCUT2D eigenvalue weighted by atomic mass is 35.5. The molecular formula is C12H9Cl2NOS. The first-order chi connectivity index (χ1) is 8.16. The molecule has 1 N–H and O–H groups in total. The standard InChI is InChI=1S/C12H9Cl2NOS/c13-9-1-2-11(14)10(5-9)12(16)15-6-8-3-4-17-7-8/h1-5,7H,6H2,(H,15,16). The zero-order chi connectivity index (χ0) is 12.3. The van der Waals surface area contributed by atoms with E-state index in [4.69, 9.17) is 23.2 Å². The van der Waals surface area contributed by atoms with Crippen LogP contribution in [-0.2, 0) is 6.54 Å². The summed E-state index contributed by atoms with van der Waals surface area (Å²) >= 11 is 13.4. The van der Waals surface area contributed by atoms with Crippen molar-refractivity contribution in [2.24, 2.45) is 0 Å². The number of halogens is 2. The Morgan fingerprint density at radius 2 is 2.12 bits per heavy atom. The molecule has 1 amide bonds. The normalized spacial score (nSPS) is 10.2. The number of nitrogens with one attached hydrogen (secondary N) is 1. The minimum Gasteiger partial charge on any atom is -0.348 e. The molecule has 0 unspecified atom stereocenters. The van der Waals surface area contributed by atoms with Crippen molar-refractivity contribution in [3.63, 3.8) is 0 Å². The second-order valence-corrected chi connectivity index (χ2v) is 5.06. The Bertz CT molecular complexity index is 525. The molecule has 0 fully saturated rings. The number of amides is 1. The molecule has 88 valence electrons. The number of benzene rings is 1. The molecule has 0 bridgehead atoms. The summed E-state index contributed by atoms with van der Waals surface area (Å²) < 4.78 is 0. The van der Waals surface area contributed by atoms with Gasteiger partial charge in [-0.25, -0.2) is 0 Å². The van der Waals surface area contributed by atoms with Crippen LogP contribution in [-0.4, -0.2) is 5.91 Å². The van der Waals surface area contributed by atoms with Crippen molar-refractivity contribution in [3.8, 4) is 0 Å². The zero-order valence-corrected chi connectivity index (χ0v) is 11.1. The van der Waals surface area contributed by atoms with Gasteiger partial charge in [0, 0.05) is 11.6 Å². The molecule has 17 heavy (non-hydrogen) atoms. The maximum absolute atomic E-state index is 11.9.